The van der Waals surface area contributed by atoms with E-state index >= 15 is 0 Å². The average Bonchev–Trinajstić information content (AvgIpc) is 2.98. The van der Waals surface area contributed by atoms with Gasteiger partial charge in [0.25, 0.3) is 5.70 Å². The highest BCUT2D eigenvalue weighted by atomic mass is 19.1. The third kappa shape index (κ3) is 4.72. The summed E-state index contributed by atoms with van der Waals surface area (Å²) in [4.78, 5) is 8.61. The molecule has 1 heterocycles. The number of hydrogen-bond acceptors (Lipinski definition) is 3. The van der Waals surface area contributed by atoms with E-state index in [-0.39, 0.29) is 23.6 Å². The van der Waals surface area contributed by atoms with E-state index in [9.17, 15) is 4.39 Å². The van der Waals surface area contributed by atoms with Gasteiger partial charge in [0, 0.05) is 31.8 Å². The molecule has 0 aromatic heterocycles. The number of alkyl halides is 1. The fourth-order valence-electron chi connectivity index (χ4n) is 2.92. The lowest BCUT2D eigenvalue weighted by atomic mass is 9.92. The van der Waals surface area contributed by atoms with Gasteiger partial charge in [0.2, 0.25) is 5.70 Å². The monoisotopic (exact) mass is 388 g/mol. The lowest BCUT2D eigenvalue weighted by molar-refractivity contribution is 0.0623. The number of benzene rings is 1. The number of allylic oxidation sites excluding steroid dienone is 3. The second kappa shape index (κ2) is 9.40. The first-order chi connectivity index (χ1) is 13.9. The standard InChI is InChI=1S/C23H21FN4O/c1-23(14-15-24)19(21(27-3)22(29-23)20(16-25)26-2)9-7-6-8-17-10-12-18(13-11-17)28(4)5/h6-13H,14-15H2,1,4-5H3. The molecule has 146 valence electrons. The number of nitriles is 1. The summed E-state index contributed by atoms with van der Waals surface area (Å²) < 4.78 is 18.9. The van der Waals surface area contributed by atoms with Crippen LogP contribution in [0.4, 0.5) is 10.1 Å². The van der Waals surface area contributed by atoms with Crippen LogP contribution in [0.15, 0.2) is 65.2 Å². The van der Waals surface area contributed by atoms with E-state index in [2.05, 4.69) is 9.69 Å². The summed E-state index contributed by atoms with van der Waals surface area (Å²) >= 11 is 0. The number of hydrogen-bond donors (Lipinski definition) is 0. The summed E-state index contributed by atoms with van der Waals surface area (Å²) in [5.41, 5.74) is 1.24. The van der Waals surface area contributed by atoms with Crippen LogP contribution in [0.2, 0.25) is 0 Å². The van der Waals surface area contributed by atoms with Gasteiger partial charge in [0.15, 0.2) is 0 Å². The van der Waals surface area contributed by atoms with E-state index in [0.717, 1.165) is 11.3 Å². The first-order valence-electron chi connectivity index (χ1n) is 8.91. The molecule has 1 aromatic carbocycles. The lowest BCUT2D eigenvalue weighted by Crippen LogP contribution is -2.27. The minimum atomic E-state index is -1.10. The second-order valence-corrected chi connectivity index (χ2v) is 6.75. The van der Waals surface area contributed by atoms with Crippen molar-refractivity contribution in [1.82, 2.24) is 0 Å². The molecule has 0 spiro atoms. The quantitative estimate of drug-likeness (QED) is 0.377. The van der Waals surface area contributed by atoms with Gasteiger partial charge in [-0.25, -0.2) is 15.0 Å². The van der Waals surface area contributed by atoms with Crippen molar-refractivity contribution in [2.24, 2.45) is 0 Å². The zero-order valence-electron chi connectivity index (χ0n) is 16.6. The predicted molar refractivity (Wildman–Crippen MR) is 112 cm³/mol. The maximum atomic E-state index is 13.1. The number of anilines is 1. The Balaban J connectivity index is 2.37. The predicted octanol–water partition coefficient (Wildman–Crippen LogP) is 5.30. The zero-order chi connectivity index (χ0) is 21.4. The van der Waals surface area contributed by atoms with Crippen molar-refractivity contribution in [3.05, 3.63) is 93.6 Å². The molecule has 0 bridgehead atoms. The van der Waals surface area contributed by atoms with E-state index in [1.807, 2.05) is 55.4 Å². The van der Waals surface area contributed by atoms with Crippen molar-refractivity contribution in [2.75, 3.05) is 25.7 Å². The van der Waals surface area contributed by atoms with Gasteiger partial charge in [-0.1, -0.05) is 36.4 Å². The summed E-state index contributed by atoms with van der Waals surface area (Å²) in [5, 5.41) is 9.15. The van der Waals surface area contributed by atoms with E-state index in [1.54, 1.807) is 25.1 Å². The Hall–Kier alpha value is -3.82. The summed E-state index contributed by atoms with van der Waals surface area (Å²) in [5.74, 6) is -0.0728. The highest BCUT2D eigenvalue weighted by Gasteiger charge is 2.41. The first kappa shape index (κ1) is 21.5. The molecule has 0 N–H and O–H groups in total. The Morgan fingerprint density at radius 2 is 1.90 bits per heavy atom. The van der Waals surface area contributed by atoms with Gasteiger partial charge in [0.05, 0.1) is 25.9 Å². The normalized spacial score (nSPS) is 20.3. The Bertz CT molecular complexity index is 995. The van der Waals surface area contributed by atoms with Crippen molar-refractivity contribution in [3.63, 3.8) is 0 Å². The van der Waals surface area contributed by atoms with Gasteiger partial charge in [-0.05, 0) is 24.6 Å². The SMILES string of the molecule is [C-]#[N+]C(C#N)=C1OC(C)(CCF)C(C=CC=Cc2ccc(N(C)C)cc2)=C1[N+]#[C-]. The van der Waals surface area contributed by atoms with Gasteiger partial charge in [0.1, 0.15) is 11.4 Å². The van der Waals surface area contributed by atoms with Crippen LogP contribution < -0.4 is 4.90 Å². The van der Waals surface area contributed by atoms with Crippen molar-refractivity contribution in [2.45, 2.75) is 18.9 Å². The van der Waals surface area contributed by atoms with Crippen LogP contribution in [0.3, 0.4) is 0 Å². The van der Waals surface area contributed by atoms with Crippen molar-refractivity contribution >= 4 is 11.8 Å². The summed E-state index contributed by atoms with van der Waals surface area (Å²) in [6.45, 7) is 15.6. The van der Waals surface area contributed by atoms with Crippen LogP contribution in [0, 0.1) is 24.5 Å². The molecule has 1 atom stereocenters. The molecule has 1 aliphatic rings. The van der Waals surface area contributed by atoms with Crippen LogP contribution in [-0.2, 0) is 4.74 Å². The number of nitrogens with zero attached hydrogens (tertiary/aromatic N) is 4. The number of rotatable bonds is 6. The van der Waals surface area contributed by atoms with Gasteiger partial charge < -0.3 is 9.64 Å². The van der Waals surface area contributed by atoms with Gasteiger partial charge in [-0.2, -0.15) is 0 Å². The van der Waals surface area contributed by atoms with Gasteiger partial charge in [-0.15, -0.1) is 0 Å². The van der Waals surface area contributed by atoms with Gasteiger partial charge in [-0.3, -0.25) is 4.39 Å². The third-order valence-electron chi connectivity index (χ3n) is 4.56. The van der Waals surface area contributed by atoms with Crippen molar-refractivity contribution < 1.29 is 9.13 Å². The summed E-state index contributed by atoms with van der Waals surface area (Å²) in [6, 6.07) is 9.75. The Kier molecular flexibility index (Phi) is 6.96. The second-order valence-electron chi connectivity index (χ2n) is 6.75. The van der Waals surface area contributed by atoms with Crippen LogP contribution in [0.25, 0.3) is 15.8 Å². The zero-order valence-corrected chi connectivity index (χ0v) is 16.6. The molecule has 0 amide bonds. The Labute approximate surface area is 171 Å². The Morgan fingerprint density at radius 3 is 2.41 bits per heavy atom. The molecule has 2 rings (SSSR count). The smallest absolute Gasteiger partial charge is 0.292 e. The highest BCUT2D eigenvalue weighted by molar-refractivity contribution is 5.58. The molecule has 0 saturated heterocycles. The number of halogens is 1. The Morgan fingerprint density at radius 1 is 1.24 bits per heavy atom. The molecule has 1 unspecified atom stereocenters. The topological polar surface area (TPSA) is 45.0 Å². The largest absolute Gasteiger partial charge is 0.505 e. The average molecular weight is 388 g/mol. The van der Waals surface area contributed by atoms with Crippen LogP contribution >= 0.6 is 0 Å². The highest BCUT2D eigenvalue weighted by Crippen LogP contribution is 2.43. The molecule has 0 radical (unpaired) electrons. The van der Waals surface area contributed by atoms with E-state index < -0.39 is 12.3 Å². The van der Waals surface area contributed by atoms with Crippen molar-refractivity contribution in [1.29, 1.82) is 5.26 Å². The molecule has 0 aliphatic carbocycles. The maximum absolute atomic E-state index is 13.1. The van der Waals surface area contributed by atoms with E-state index in [1.165, 1.54) is 0 Å². The van der Waals surface area contributed by atoms with Gasteiger partial charge >= 0.3 is 0 Å². The van der Waals surface area contributed by atoms with E-state index in [0.29, 0.717) is 5.57 Å². The summed E-state index contributed by atoms with van der Waals surface area (Å²) in [6.07, 6.45) is 7.16. The first-order valence-corrected chi connectivity index (χ1v) is 8.91. The molecule has 6 heteroatoms. The molecule has 0 saturated carbocycles. The third-order valence-corrected chi connectivity index (χ3v) is 4.56. The van der Waals surface area contributed by atoms with Crippen LogP contribution in [0.1, 0.15) is 18.9 Å². The van der Waals surface area contributed by atoms with Crippen LogP contribution in [0.5, 0.6) is 0 Å². The number of ether oxygens (including phenoxy) is 1. The maximum Gasteiger partial charge on any atom is 0.292 e. The summed E-state index contributed by atoms with van der Waals surface area (Å²) in [7, 11) is 3.95. The van der Waals surface area contributed by atoms with Crippen molar-refractivity contribution in [3.8, 4) is 6.07 Å². The minimum Gasteiger partial charge on any atom is -0.505 e. The minimum absolute atomic E-state index is 0.0155. The van der Waals surface area contributed by atoms with Crippen LogP contribution in [-0.4, -0.2) is 26.4 Å². The molecular formula is C23H21FN4O. The van der Waals surface area contributed by atoms with E-state index in [4.69, 9.17) is 23.1 Å². The molecule has 1 aromatic rings. The molecule has 0 fully saturated rings. The molecule has 5 nitrogen and oxygen atoms in total. The molecule has 1 aliphatic heterocycles. The lowest BCUT2D eigenvalue weighted by Gasteiger charge is -2.26. The molecular weight excluding hydrogens is 367 g/mol. The fourth-order valence-corrected chi connectivity index (χ4v) is 2.92. The molecule has 29 heavy (non-hydrogen) atoms. The fraction of sp³-hybridized carbons (Fsp3) is 0.261.